The van der Waals surface area contributed by atoms with E-state index in [9.17, 15) is 68.1 Å². The van der Waals surface area contributed by atoms with Gasteiger partial charge in [0.25, 0.3) is 0 Å². The highest BCUT2D eigenvalue weighted by molar-refractivity contribution is 7.80. The number of carboxylic acid groups (broad SMARTS) is 1. The molecule has 10 amide bonds. The minimum Gasteiger partial charge on any atom is -0.480 e. The van der Waals surface area contributed by atoms with E-state index in [1.807, 2.05) is 0 Å². The highest BCUT2D eigenvalue weighted by atomic mass is 32.1. The molecule has 4 fully saturated rings. The fourth-order valence-corrected chi connectivity index (χ4v) is 11.2. The van der Waals surface area contributed by atoms with Gasteiger partial charge in [-0.1, -0.05) is 20.3 Å². The van der Waals surface area contributed by atoms with Gasteiger partial charge in [0.05, 0.1) is 18.8 Å². The summed E-state index contributed by atoms with van der Waals surface area (Å²) in [5, 5.41) is 52.1. The first-order valence-electron chi connectivity index (χ1n) is 30.3. The summed E-state index contributed by atoms with van der Waals surface area (Å²) in [4.78, 5) is 168. The molecule has 0 aromatic rings. The van der Waals surface area contributed by atoms with Crippen molar-refractivity contribution in [2.45, 2.75) is 190 Å². The summed E-state index contributed by atoms with van der Waals surface area (Å²) in [7, 11) is 0. The van der Waals surface area contributed by atoms with E-state index in [1.54, 1.807) is 13.8 Å². The number of nitrogens with two attached hydrogens (primary N) is 6. The Morgan fingerprint density at radius 2 is 0.966 bits per heavy atom. The molecular weight excluding hydrogens is 1180 g/mol. The fraction of sp³-hybridized carbons (Fsp3) is 0.741. The van der Waals surface area contributed by atoms with E-state index in [4.69, 9.17) is 34.4 Å². The van der Waals surface area contributed by atoms with Crippen LogP contribution in [0.4, 0.5) is 0 Å². The maximum atomic E-state index is 14.6. The summed E-state index contributed by atoms with van der Waals surface area (Å²) in [6.07, 6.45) is 2.51. The Kier molecular flexibility index (Phi) is 30.3. The van der Waals surface area contributed by atoms with E-state index in [1.165, 1.54) is 21.6 Å². The number of hydrogen-bond donors (Lipinski definition) is 18. The van der Waals surface area contributed by atoms with Gasteiger partial charge in [0.1, 0.15) is 60.4 Å². The molecule has 0 spiro atoms. The van der Waals surface area contributed by atoms with Crippen LogP contribution in [0.1, 0.15) is 117 Å². The molecular formula is C54H94N20O14S. The molecule has 4 rings (SSSR count). The third-order valence-electron chi connectivity index (χ3n) is 16.0. The number of carbonyl (C=O) groups excluding carboxylic acids is 10. The van der Waals surface area contributed by atoms with E-state index < -0.39 is 144 Å². The number of amides is 10. The van der Waals surface area contributed by atoms with Gasteiger partial charge in [0, 0.05) is 45.0 Å². The molecule has 13 atom stereocenters. The van der Waals surface area contributed by atoms with E-state index in [2.05, 4.69) is 70.1 Å². The number of thiol groups is 1. The molecule has 4 saturated heterocycles. The smallest absolute Gasteiger partial charge is 0.326 e. The molecule has 35 heteroatoms. The number of carbonyl (C=O) groups is 11. The molecule has 23 N–H and O–H groups in total. The van der Waals surface area contributed by atoms with Crippen LogP contribution in [0.2, 0.25) is 0 Å². The quantitative estimate of drug-likeness (QED) is 0.0121. The lowest BCUT2D eigenvalue weighted by atomic mass is 9.96. The third-order valence-corrected chi connectivity index (χ3v) is 16.4. The topological polar surface area (TPSA) is 548 Å². The molecule has 4 aliphatic rings. The lowest BCUT2D eigenvalue weighted by Crippen LogP contribution is -2.62. The van der Waals surface area contributed by atoms with Crippen LogP contribution in [0, 0.1) is 5.92 Å². The van der Waals surface area contributed by atoms with Crippen LogP contribution in [0.15, 0.2) is 15.0 Å². The fourth-order valence-electron chi connectivity index (χ4n) is 11.0. The monoisotopic (exact) mass is 1280 g/mol. The van der Waals surface area contributed by atoms with Gasteiger partial charge in [-0.15, -0.1) is 0 Å². The number of carboxylic acids is 1. The summed E-state index contributed by atoms with van der Waals surface area (Å²) in [6.45, 7) is 5.00. The van der Waals surface area contributed by atoms with Gasteiger partial charge in [-0.05, 0) is 109 Å². The van der Waals surface area contributed by atoms with Crippen molar-refractivity contribution in [3.05, 3.63) is 0 Å². The average Bonchev–Trinajstić information content (AvgIpc) is 3.47. The Hall–Kier alpha value is -7.79. The van der Waals surface area contributed by atoms with E-state index in [-0.39, 0.29) is 114 Å². The van der Waals surface area contributed by atoms with Crippen molar-refractivity contribution in [3.8, 4) is 0 Å². The Morgan fingerprint density at radius 3 is 1.43 bits per heavy atom. The molecule has 0 radical (unpaired) electrons. The molecule has 4 heterocycles. The number of aliphatic carboxylic acids is 1. The lowest BCUT2D eigenvalue weighted by molar-refractivity contribution is -0.149. The predicted octanol–water partition coefficient (Wildman–Crippen LogP) is -7.30. The van der Waals surface area contributed by atoms with Gasteiger partial charge in [-0.25, -0.2) is 4.79 Å². The number of likely N-dealkylation sites (tertiary alicyclic amines) is 3. The number of aliphatic imine (C=N–C) groups is 3. The van der Waals surface area contributed by atoms with Gasteiger partial charge in [-0.3, -0.25) is 62.9 Å². The van der Waals surface area contributed by atoms with Crippen LogP contribution in [0.5, 0.6) is 0 Å². The van der Waals surface area contributed by atoms with Crippen LogP contribution >= 0.6 is 12.6 Å². The van der Waals surface area contributed by atoms with Crippen molar-refractivity contribution < 1.29 is 68.1 Å². The van der Waals surface area contributed by atoms with Crippen molar-refractivity contribution in [2.75, 3.05) is 58.2 Å². The van der Waals surface area contributed by atoms with Crippen LogP contribution in [-0.2, 0) is 52.7 Å². The third kappa shape index (κ3) is 22.3. The summed E-state index contributed by atoms with van der Waals surface area (Å²) in [5.41, 5.74) is 32.7. The predicted molar refractivity (Wildman–Crippen MR) is 328 cm³/mol. The largest absolute Gasteiger partial charge is 0.480 e. The molecule has 0 bridgehead atoms. The Bertz CT molecular complexity index is 2560. The number of rotatable bonds is 35. The van der Waals surface area contributed by atoms with E-state index in [0.717, 1.165) is 6.42 Å². The Labute approximate surface area is 522 Å². The van der Waals surface area contributed by atoms with Crippen molar-refractivity contribution in [2.24, 2.45) is 55.3 Å². The molecule has 0 saturated carbocycles. The van der Waals surface area contributed by atoms with Crippen molar-refractivity contribution in [1.29, 1.82) is 0 Å². The maximum absolute atomic E-state index is 14.6. The summed E-state index contributed by atoms with van der Waals surface area (Å²) >= 11 is 4.26. The zero-order chi connectivity index (χ0) is 66.1. The molecule has 0 aromatic carbocycles. The van der Waals surface area contributed by atoms with E-state index >= 15 is 0 Å². The van der Waals surface area contributed by atoms with Crippen LogP contribution in [0.25, 0.3) is 0 Å². The molecule has 500 valence electrons. The molecule has 0 aromatic heterocycles. The Morgan fingerprint density at radius 1 is 0.539 bits per heavy atom. The minimum absolute atomic E-state index is 0.00394. The minimum atomic E-state index is -1.80. The van der Waals surface area contributed by atoms with Crippen molar-refractivity contribution in [3.63, 3.8) is 0 Å². The number of guanidine groups is 3. The first-order chi connectivity index (χ1) is 42.2. The average molecular weight is 1280 g/mol. The number of aliphatic hydroxyl groups excluding tert-OH is 2. The number of nitrogens with zero attached hydrogens (tertiary/aromatic N) is 6. The molecule has 0 aliphatic carbocycles. The van der Waals surface area contributed by atoms with Gasteiger partial charge >= 0.3 is 5.97 Å². The first-order valence-corrected chi connectivity index (χ1v) is 30.9. The summed E-state index contributed by atoms with van der Waals surface area (Å²) < 4.78 is 0. The molecule has 89 heavy (non-hydrogen) atoms. The zero-order valence-corrected chi connectivity index (χ0v) is 51.8. The number of hydrogen-bond acceptors (Lipinski definition) is 18. The normalized spacial score (nSPS) is 21.0. The standard InChI is InChI=1S/C54H94N20O14S/c1-4-28(2)39(50(86)74-25-11-18-38(74)49(85)73-24-10-17-37(73)46(82)67-33(51(87)88)15-8-22-64-54(59)60)70-43(79)34(26-75)68-41(77)31(13-6-21-63-53(57)58)66-47(83)40(29(3)76)71-44(80)35(27-89)69-42(78)30(12-5-20-62-52(55)56)65-45(81)36-16-9-23-72(36)48(84)32-14-7-19-61-32/h28-40,61,75-76,89H,4-27H2,1-3H3,(H,65,81)(H,66,83)(H,67,82)(H,68,77)(H,69,78)(H,70,79)(H,71,80)(H,87,88)(H4,55,56,62)(H4,57,58,63)(H4,59,60,64)/t28-,29+,30-,31-,32-,33-,34-,35-,36-,37-,38-,39-,40-/m0/s1. The number of nitrogens with one attached hydrogen (secondary N) is 8. The molecule has 4 aliphatic heterocycles. The van der Waals surface area contributed by atoms with Crippen molar-refractivity contribution >= 4 is 95.5 Å². The first kappa shape index (κ1) is 73.7. The van der Waals surface area contributed by atoms with Crippen LogP contribution in [0.3, 0.4) is 0 Å². The van der Waals surface area contributed by atoms with Gasteiger partial charge in [0.2, 0.25) is 59.1 Å². The highest BCUT2D eigenvalue weighted by Crippen LogP contribution is 2.28. The SMILES string of the molecule is CC[C@H](C)[C@H](NC(=O)[C@H](CO)NC(=O)[C@H](CCCN=C(N)N)NC(=O)[C@@H](NC(=O)[C@H](CS)NC(=O)[C@H](CCCN=C(N)N)NC(=O)[C@@H]1CCCN1C(=O)[C@@H]1CCCN1)[C@@H](C)O)C(=O)N1CCC[C@H]1C(=O)N1CCC[C@H]1C(=O)N[C@@H](CCCN=C(N)N)C(=O)O. The van der Waals surface area contributed by atoms with Gasteiger partial charge < -0.3 is 107 Å². The molecule has 0 unspecified atom stereocenters. The lowest BCUT2D eigenvalue weighted by Gasteiger charge is -2.35. The van der Waals surface area contributed by atoms with Crippen molar-refractivity contribution in [1.82, 2.24) is 57.2 Å². The molecule has 34 nitrogen and oxygen atoms in total. The second kappa shape index (κ2) is 36.6. The second-order valence-corrected chi connectivity index (χ2v) is 23.0. The van der Waals surface area contributed by atoms with Gasteiger partial charge in [0.15, 0.2) is 17.9 Å². The van der Waals surface area contributed by atoms with Crippen LogP contribution < -0.4 is 76.9 Å². The number of aliphatic hydroxyl groups is 2. The second-order valence-electron chi connectivity index (χ2n) is 22.7. The van der Waals surface area contributed by atoms with E-state index in [0.29, 0.717) is 51.6 Å². The summed E-state index contributed by atoms with van der Waals surface area (Å²) in [6, 6.07) is -13.9. The Balaban J connectivity index is 1.47. The summed E-state index contributed by atoms with van der Waals surface area (Å²) in [5.74, 6) is -10.6. The zero-order valence-electron chi connectivity index (χ0n) is 50.9. The van der Waals surface area contributed by atoms with Gasteiger partial charge in [-0.2, -0.15) is 12.6 Å². The van der Waals surface area contributed by atoms with Crippen LogP contribution in [-0.4, -0.2) is 244 Å². The maximum Gasteiger partial charge on any atom is 0.326 e. The highest BCUT2D eigenvalue weighted by Gasteiger charge is 2.46.